The second kappa shape index (κ2) is 9.19. The second-order valence-corrected chi connectivity index (χ2v) is 5.15. The summed E-state index contributed by atoms with van der Waals surface area (Å²) in [4.78, 5) is 23.4. The summed E-state index contributed by atoms with van der Waals surface area (Å²) in [6, 6.07) is 16.6. The summed E-state index contributed by atoms with van der Waals surface area (Å²) in [6.45, 7) is 0.714. The number of ether oxygens (including phenoxy) is 1. The lowest BCUT2D eigenvalue weighted by Crippen LogP contribution is -2.41. The van der Waals surface area contributed by atoms with Crippen LogP contribution >= 0.6 is 0 Å². The minimum atomic E-state index is -0.379. The molecule has 0 spiro atoms. The van der Waals surface area contributed by atoms with Gasteiger partial charge in [-0.25, -0.2) is 4.79 Å². The van der Waals surface area contributed by atoms with Crippen molar-refractivity contribution in [3.8, 4) is 5.75 Å². The molecule has 0 aromatic heterocycles. The predicted octanol–water partition coefficient (Wildman–Crippen LogP) is 1.81. The van der Waals surface area contributed by atoms with Crippen molar-refractivity contribution in [3.05, 3.63) is 65.7 Å². The third-order valence-electron chi connectivity index (χ3n) is 3.33. The molecule has 0 radical (unpaired) electrons. The largest absolute Gasteiger partial charge is 0.497 e. The van der Waals surface area contributed by atoms with Crippen LogP contribution in [-0.2, 0) is 17.9 Å². The lowest BCUT2D eigenvalue weighted by molar-refractivity contribution is -0.120. The molecule has 0 saturated heterocycles. The van der Waals surface area contributed by atoms with E-state index < -0.39 is 0 Å². The Morgan fingerprint density at radius 1 is 0.875 bits per heavy atom. The topological polar surface area (TPSA) is 79.5 Å². The zero-order valence-electron chi connectivity index (χ0n) is 13.5. The number of hydrogen-bond donors (Lipinski definition) is 3. The van der Waals surface area contributed by atoms with Gasteiger partial charge in [-0.15, -0.1) is 0 Å². The highest BCUT2D eigenvalue weighted by atomic mass is 16.5. The van der Waals surface area contributed by atoms with Crippen molar-refractivity contribution in [2.75, 3.05) is 13.7 Å². The Morgan fingerprint density at radius 3 is 2.33 bits per heavy atom. The van der Waals surface area contributed by atoms with Gasteiger partial charge in [0.05, 0.1) is 13.7 Å². The molecule has 3 amide bonds. The van der Waals surface area contributed by atoms with Gasteiger partial charge in [0.1, 0.15) is 5.75 Å². The zero-order valence-corrected chi connectivity index (χ0v) is 13.5. The molecule has 0 saturated carbocycles. The van der Waals surface area contributed by atoms with E-state index >= 15 is 0 Å². The molecule has 0 heterocycles. The van der Waals surface area contributed by atoms with Crippen LogP contribution in [0.2, 0.25) is 0 Å². The highest BCUT2D eigenvalue weighted by molar-refractivity contribution is 5.83. The van der Waals surface area contributed by atoms with Crippen LogP contribution in [0.1, 0.15) is 11.1 Å². The molecule has 0 aliphatic heterocycles. The number of amides is 3. The van der Waals surface area contributed by atoms with Gasteiger partial charge in [0.15, 0.2) is 0 Å². The summed E-state index contributed by atoms with van der Waals surface area (Å²) < 4.78 is 5.13. The molecule has 2 aromatic carbocycles. The Bertz CT molecular complexity index is 674. The van der Waals surface area contributed by atoms with Crippen LogP contribution in [0.15, 0.2) is 54.6 Å². The van der Waals surface area contributed by atoms with Gasteiger partial charge in [-0.05, 0) is 23.3 Å². The predicted molar refractivity (Wildman–Crippen MR) is 91.5 cm³/mol. The Kier molecular flexibility index (Phi) is 6.64. The normalized spacial score (nSPS) is 9.88. The molecule has 126 valence electrons. The number of hydrogen-bond acceptors (Lipinski definition) is 3. The van der Waals surface area contributed by atoms with Gasteiger partial charge >= 0.3 is 6.03 Å². The number of carbonyl (C=O) groups excluding carboxylic acids is 2. The van der Waals surface area contributed by atoms with E-state index in [9.17, 15) is 9.59 Å². The monoisotopic (exact) mass is 327 g/mol. The third-order valence-corrected chi connectivity index (χ3v) is 3.33. The SMILES string of the molecule is COc1cccc(CNC(=O)CNC(=O)NCc2ccccc2)c1. The fraction of sp³-hybridized carbons (Fsp3) is 0.222. The maximum atomic E-state index is 11.8. The van der Waals surface area contributed by atoms with Crippen molar-refractivity contribution >= 4 is 11.9 Å². The van der Waals surface area contributed by atoms with Crippen LogP contribution in [0, 0.1) is 0 Å². The van der Waals surface area contributed by atoms with Gasteiger partial charge in [0.2, 0.25) is 5.91 Å². The number of methoxy groups -OCH3 is 1. The van der Waals surface area contributed by atoms with E-state index in [1.807, 2.05) is 54.6 Å². The minimum absolute atomic E-state index is 0.0788. The molecule has 6 nitrogen and oxygen atoms in total. The lowest BCUT2D eigenvalue weighted by atomic mass is 10.2. The van der Waals surface area contributed by atoms with Crippen LogP contribution in [-0.4, -0.2) is 25.6 Å². The van der Waals surface area contributed by atoms with Crippen molar-refractivity contribution in [2.24, 2.45) is 0 Å². The van der Waals surface area contributed by atoms with Crippen molar-refractivity contribution in [3.63, 3.8) is 0 Å². The molecule has 0 unspecified atom stereocenters. The number of rotatable bonds is 7. The van der Waals surface area contributed by atoms with Gasteiger partial charge in [-0.2, -0.15) is 0 Å². The second-order valence-electron chi connectivity index (χ2n) is 5.15. The molecule has 24 heavy (non-hydrogen) atoms. The van der Waals surface area contributed by atoms with Crippen molar-refractivity contribution in [1.29, 1.82) is 0 Å². The van der Waals surface area contributed by atoms with E-state index in [0.29, 0.717) is 13.1 Å². The average molecular weight is 327 g/mol. The summed E-state index contributed by atoms with van der Waals surface area (Å²) in [6.07, 6.45) is 0. The van der Waals surface area contributed by atoms with E-state index in [2.05, 4.69) is 16.0 Å². The Balaban J connectivity index is 1.66. The average Bonchev–Trinajstić information content (AvgIpc) is 2.64. The number of nitrogens with one attached hydrogen (secondary N) is 3. The Labute approximate surface area is 141 Å². The number of benzene rings is 2. The van der Waals surface area contributed by atoms with E-state index in [0.717, 1.165) is 16.9 Å². The molecule has 2 rings (SSSR count). The maximum Gasteiger partial charge on any atom is 0.315 e. The standard InChI is InChI=1S/C18H21N3O3/c1-24-16-9-5-8-15(10-16)12-19-17(22)13-21-18(23)20-11-14-6-3-2-4-7-14/h2-10H,11-13H2,1H3,(H,19,22)(H2,20,21,23). The van der Waals surface area contributed by atoms with Gasteiger partial charge in [0, 0.05) is 13.1 Å². The highest BCUT2D eigenvalue weighted by Crippen LogP contribution is 2.11. The van der Waals surface area contributed by atoms with Crippen LogP contribution in [0.3, 0.4) is 0 Å². The Hall–Kier alpha value is -3.02. The maximum absolute atomic E-state index is 11.8. The smallest absolute Gasteiger partial charge is 0.315 e. The zero-order chi connectivity index (χ0) is 17.2. The molecular formula is C18H21N3O3. The fourth-order valence-electron chi connectivity index (χ4n) is 2.05. The molecule has 0 aliphatic rings. The number of carbonyl (C=O) groups is 2. The van der Waals surface area contributed by atoms with E-state index in [1.165, 1.54) is 0 Å². The van der Waals surface area contributed by atoms with Crippen molar-refractivity contribution < 1.29 is 14.3 Å². The fourth-order valence-corrected chi connectivity index (χ4v) is 2.05. The lowest BCUT2D eigenvalue weighted by Gasteiger charge is -2.09. The van der Waals surface area contributed by atoms with Crippen LogP contribution in [0.5, 0.6) is 5.75 Å². The first-order valence-corrected chi connectivity index (χ1v) is 7.62. The molecule has 0 aliphatic carbocycles. The van der Waals surface area contributed by atoms with Crippen LogP contribution in [0.4, 0.5) is 4.79 Å². The third kappa shape index (κ3) is 6.00. The van der Waals surface area contributed by atoms with Crippen molar-refractivity contribution in [1.82, 2.24) is 16.0 Å². The van der Waals surface area contributed by atoms with Gasteiger partial charge in [-0.1, -0.05) is 42.5 Å². The Morgan fingerprint density at radius 2 is 1.58 bits per heavy atom. The molecule has 0 fully saturated rings. The number of urea groups is 1. The molecule has 6 heteroatoms. The summed E-state index contributed by atoms with van der Waals surface area (Å²) in [5, 5.41) is 7.96. The summed E-state index contributed by atoms with van der Waals surface area (Å²) in [7, 11) is 1.59. The van der Waals surface area contributed by atoms with Crippen LogP contribution in [0.25, 0.3) is 0 Å². The molecular weight excluding hydrogens is 306 g/mol. The van der Waals surface area contributed by atoms with E-state index in [1.54, 1.807) is 7.11 Å². The first-order chi connectivity index (χ1) is 11.7. The summed E-state index contributed by atoms with van der Waals surface area (Å²) in [5.41, 5.74) is 1.92. The van der Waals surface area contributed by atoms with Gasteiger partial charge < -0.3 is 20.7 Å². The molecule has 0 bridgehead atoms. The molecule has 0 atom stereocenters. The first kappa shape index (κ1) is 17.3. The summed E-state index contributed by atoms with van der Waals surface area (Å²) in [5.74, 6) is 0.479. The van der Waals surface area contributed by atoms with Crippen molar-refractivity contribution in [2.45, 2.75) is 13.1 Å². The van der Waals surface area contributed by atoms with E-state index in [-0.39, 0.29) is 18.5 Å². The van der Waals surface area contributed by atoms with Gasteiger partial charge in [-0.3, -0.25) is 4.79 Å². The minimum Gasteiger partial charge on any atom is -0.497 e. The molecule has 2 aromatic rings. The molecule has 3 N–H and O–H groups in total. The van der Waals surface area contributed by atoms with Crippen LogP contribution < -0.4 is 20.7 Å². The first-order valence-electron chi connectivity index (χ1n) is 7.62. The quantitative estimate of drug-likeness (QED) is 0.726. The van der Waals surface area contributed by atoms with E-state index in [4.69, 9.17) is 4.74 Å². The summed E-state index contributed by atoms with van der Waals surface area (Å²) >= 11 is 0. The highest BCUT2D eigenvalue weighted by Gasteiger charge is 2.05. The van der Waals surface area contributed by atoms with Gasteiger partial charge in [0.25, 0.3) is 0 Å².